The molecule has 3 heterocycles. The van der Waals surface area contributed by atoms with Crippen molar-refractivity contribution in [1.82, 2.24) is 25.1 Å². The number of aromatic nitrogens is 4. The molecule has 0 saturated carbocycles. The van der Waals surface area contributed by atoms with Crippen LogP contribution in [0.25, 0.3) is 11.1 Å². The van der Waals surface area contributed by atoms with E-state index >= 15 is 0 Å². The van der Waals surface area contributed by atoms with E-state index in [4.69, 9.17) is 4.74 Å². The maximum Gasteiger partial charge on any atom is 0.408 e. The van der Waals surface area contributed by atoms with E-state index in [2.05, 4.69) is 25.7 Å². The largest absolute Gasteiger partial charge is 0.442 e. The van der Waals surface area contributed by atoms with Crippen LogP contribution in [0.15, 0.2) is 42.9 Å². The molecule has 1 amide bonds. The number of nitrogens with one attached hydrogen (secondary N) is 2. The average molecular weight is 442 g/mol. The molecule has 4 rings (SSSR count). The first-order chi connectivity index (χ1) is 15.0. The van der Waals surface area contributed by atoms with E-state index in [1.807, 2.05) is 45.2 Å². The third-order valence-electron chi connectivity index (χ3n) is 5.24. The number of alkyl halides is 2. The number of aryl methyl sites for hydroxylation is 1. The molecule has 1 saturated heterocycles. The summed E-state index contributed by atoms with van der Waals surface area (Å²) in [6, 6.07) is 6.93. The summed E-state index contributed by atoms with van der Waals surface area (Å²) < 4.78 is 34.2. The third-order valence-corrected chi connectivity index (χ3v) is 5.24. The minimum Gasteiger partial charge on any atom is -0.442 e. The molecular weight excluding hydrogens is 418 g/mol. The van der Waals surface area contributed by atoms with Crippen molar-refractivity contribution >= 4 is 17.7 Å². The van der Waals surface area contributed by atoms with Gasteiger partial charge >= 0.3 is 6.09 Å². The number of hydrogen-bond acceptors (Lipinski definition) is 6. The summed E-state index contributed by atoms with van der Waals surface area (Å²) in [5, 5.41) is 10.2. The zero-order valence-corrected chi connectivity index (χ0v) is 18.2. The SMILES string of the molecule is Cc1cc(Nc2nccc(C(C)(F)F)n2)cc(-c2cnn(C[C@@H]3OC(=O)NC3(C)C)c2)c1. The Morgan fingerprint density at radius 3 is 2.75 bits per heavy atom. The van der Waals surface area contributed by atoms with E-state index in [0.717, 1.165) is 23.6 Å². The molecule has 1 fully saturated rings. The second kappa shape index (κ2) is 7.85. The zero-order valence-electron chi connectivity index (χ0n) is 18.2. The van der Waals surface area contributed by atoms with Crippen LogP contribution in [0.4, 0.5) is 25.2 Å². The van der Waals surface area contributed by atoms with Gasteiger partial charge in [0.2, 0.25) is 5.95 Å². The summed E-state index contributed by atoms with van der Waals surface area (Å²) in [6.45, 7) is 6.94. The number of carbonyl (C=O) groups excluding carboxylic acids is 1. The van der Waals surface area contributed by atoms with Crippen molar-refractivity contribution in [2.75, 3.05) is 5.32 Å². The highest BCUT2D eigenvalue weighted by Crippen LogP contribution is 2.29. The lowest BCUT2D eigenvalue weighted by atomic mass is 9.99. The maximum absolute atomic E-state index is 13.6. The van der Waals surface area contributed by atoms with Gasteiger partial charge in [-0.25, -0.2) is 14.8 Å². The Balaban J connectivity index is 1.54. The van der Waals surface area contributed by atoms with Crippen molar-refractivity contribution in [2.24, 2.45) is 0 Å². The van der Waals surface area contributed by atoms with Gasteiger partial charge in [-0.2, -0.15) is 13.9 Å². The second-order valence-electron chi connectivity index (χ2n) is 8.56. The number of hydrogen-bond donors (Lipinski definition) is 2. The van der Waals surface area contributed by atoms with Crippen LogP contribution in [-0.4, -0.2) is 37.5 Å². The summed E-state index contributed by atoms with van der Waals surface area (Å²) in [6.07, 6.45) is 4.11. The molecule has 0 bridgehead atoms. The molecule has 10 heteroatoms. The van der Waals surface area contributed by atoms with Crippen LogP contribution in [0.3, 0.4) is 0 Å². The predicted octanol–water partition coefficient (Wildman–Crippen LogP) is 4.39. The highest BCUT2D eigenvalue weighted by molar-refractivity contribution is 5.71. The molecule has 0 aliphatic carbocycles. The minimum atomic E-state index is -3.05. The molecule has 3 aromatic rings. The van der Waals surface area contributed by atoms with E-state index < -0.39 is 17.6 Å². The minimum absolute atomic E-state index is 0.0917. The van der Waals surface area contributed by atoms with Crippen LogP contribution in [0.2, 0.25) is 0 Å². The van der Waals surface area contributed by atoms with Crippen molar-refractivity contribution in [3.63, 3.8) is 0 Å². The molecular formula is C22H24F2N6O2. The third kappa shape index (κ3) is 4.68. The van der Waals surface area contributed by atoms with E-state index in [0.29, 0.717) is 12.2 Å². The highest BCUT2D eigenvalue weighted by Gasteiger charge is 2.41. The number of carbonyl (C=O) groups is 1. The Morgan fingerprint density at radius 1 is 1.28 bits per heavy atom. The Morgan fingerprint density at radius 2 is 2.06 bits per heavy atom. The summed E-state index contributed by atoms with van der Waals surface area (Å²) in [5.41, 5.74) is 2.53. The number of amides is 1. The first-order valence-electron chi connectivity index (χ1n) is 10.1. The van der Waals surface area contributed by atoms with E-state index in [9.17, 15) is 13.6 Å². The van der Waals surface area contributed by atoms with Gasteiger partial charge in [0, 0.05) is 30.6 Å². The number of anilines is 2. The van der Waals surface area contributed by atoms with Crippen molar-refractivity contribution in [2.45, 2.75) is 51.8 Å². The normalized spacial score (nSPS) is 17.7. The van der Waals surface area contributed by atoms with Crippen LogP contribution < -0.4 is 10.6 Å². The molecule has 1 aromatic carbocycles. The number of cyclic esters (lactones) is 1. The van der Waals surface area contributed by atoms with Gasteiger partial charge in [0.1, 0.15) is 11.8 Å². The average Bonchev–Trinajstić information content (AvgIpc) is 3.24. The van der Waals surface area contributed by atoms with Gasteiger partial charge < -0.3 is 15.4 Å². The van der Waals surface area contributed by atoms with E-state index in [1.54, 1.807) is 10.9 Å². The van der Waals surface area contributed by atoms with Gasteiger partial charge in [-0.3, -0.25) is 4.68 Å². The lowest BCUT2D eigenvalue weighted by Crippen LogP contribution is -2.44. The van der Waals surface area contributed by atoms with Gasteiger partial charge in [0.25, 0.3) is 5.92 Å². The molecule has 168 valence electrons. The van der Waals surface area contributed by atoms with E-state index in [1.165, 1.54) is 12.3 Å². The Bertz CT molecular complexity index is 1160. The molecule has 2 aromatic heterocycles. The molecule has 0 radical (unpaired) electrons. The molecule has 0 spiro atoms. The Hall–Kier alpha value is -3.56. The smallest absolute Gasteiger partial charge is 0.408 e. The summed E-state index contributed by atoms with van der Waals surface area (Å²) in [5.74, 6) is -2.96. The van der Waals surface area contributed by atoms with Gasteiger partial charge in [0.05, 0.1) is 18.3 Å². The monoisotopic (exact) mass is 442 g/mol. The van der Waals surface area contributed by atoms with Gasteiger partial charge in [-0.05, 0) is 50.1 Å². The van der Waals surface area contributed by atoms with Crippen LogP contribution in [-0.2, 0) is 17.2 Å². The quantitative estimate of drug-likeness (QED) is 0.588. The molecule has 8 nitrogen and oxygen atoms in total. The van der Waals surface area contributed by atoms with Crippen LogP contribution in [0.1, 0.15) is 32.0 Å². The summed E-state index contributed by atoms with van der Waals surface area (Å²) in [4.78, 5) is 19.5. The van der Waals surface area contributed by atoms with Crippen LogP contribution in [0, 0.1) is 6.92 Å². The second-order valence-corrected chi connectivity index (χ2v) is 8.56. The molecule has 0 unspecified atom stereocenters. The lowest BCUT2D eigenvalue weighted by Gasteiger charge is -2.23. The van der Waals surface area contributed by atoms with Crippen molar-refractivity contribution in [3.8, 4) is 11.1 Å². The van der Waals surface area contributed by atoms with Crippen molar-refractivity contribution in [1.29, 1.82) is 0 Å². The van der Waals surface area contributed by atoms with Gasteiger partial charge in [-0.15, -0.1) is 0 Å². The zero-order chi connectivity index (χ0) is 23.1. The molecule has 1 aliphatic heterocycles. The van der Waals surface area contributed by atoms with Crippen LogP contribution >= 0.6 is 0 Å². The number of alkyl carbamates (subject to hydrolysis) is 1. The van der Waals surface area contributed by atoms with Crippen LogP contribution in [0.5, 0.6) is 0 Å². The fourth-order valence-corrected chi connectivity index (χ4v) is 3.51. The molecule has 1 atom stereocenters. The first kappa shape index (κ1) is 21.7. The van der Waals surface area contributed by atoms with Crippen molar-refractivity contribution in [3.05, 3.63) is 54.1 Å². The topological polar surface area (TPSA) is 94.0 Å². The number of rotatable bonds is 6. The summed E-state index contributed by atoms with van der Waals surface area (Å²) >= 11 is 0. The number of halogens is 2. The first-order valence-corrected chi connectivity index (χ1v) is 10.1. The fraction of sp³-hybridized carbons (Fsp3) is 0.364. The molecule has 2 N–H and O–H groups in total. The lowest BCUT2D eigenvalue weighted by molar-refractivity contribution is 0.0127. The predicted molar refractivity (Wildman–Crippen MR) is 115 cm³/mol. The fourth-order valence-electron chi connectivity index (χ4n) is 3.51. The Kier molecular flexibility index (Phi) is 5.31. The highest BCUT2D eigenvalue weighted by atomic mass is 19.3. The Labute approximate surface area is 184 Å². The molecule has 1 aliphatic rings. The van der Waals surface area contributed by atoms with E-state index in [-0.39, 0.29) is 17.7 Å². The summed E-state index contributed by atoms with van der Waals surface area (Å²) in [7, 11) is 0. The van der Waals surface area contributed by atoms with Gasteiger partial charge in [-0.1, -0.05) is 6.07 Å². The molecule has 32 heavy (non-hydrogen) atoms. The number of ether oxygens (including phenoxy) is 1. The number of nitrogens with zero attached hydrogens (tertiary/aromatic N) is 4. The van der Waals surface area contributed by atoms with Crippen molar-refractivity contribution < 1.29 is 18.3 Å². The standard InChI is InChI=1S/C22H24F2N6O2/c1-13-7-14(9-16(8-13)27-19-25-6-5-17(28-19)22(4,23)24)15-10-26-30(11-15)12-18-21(2,3)29-20(31)32-18/h5-11,18H,12H2,1-4H3,(H,29,31)(H,25,27,28)/t18-/m0/s1. The number of benzene rings is 1. The van der Waals surface area contributed by atoms with Gasteiger partial charge in [0.15, 0.2) is 0 Å². The maximum atomic E-state index is 13.6.